The number of amides is 1. The SMILES string of the molecule is COC(=O)/C(=C/C1CC1)NC(C)=O. The molecule has 1 amide bonds. The molecule has 0 radical (unpaired) electrons. The first-order valence-electron chi connectivity index (χ1n) is 4.21. The number of ether oxygens (including phenoxy) is 1. The zero-order valence-electron chi connectivity index (χ0n) is 7.79. The summed E-state index contributed by atoms with van der Waals surface area (Å²) < 4.78 is 4.52. The summed E-state index contributed by atoms with van der Waals surface area (Å²) in [6.07, 6.45) is 3.92. The Kier molecular flexibility index (Phi) is 3.06. The lowest BCUT2D eigenvalue weighted by molar-refractivity contribution is -0.137. The highest BCUT2D eigenvalue weighted by Gasteiger charge is 2.22. The number of hydrogen-bond acceptors (Lipinski definition) is 3. The Balaban J connectivity index is 2.62. The lowest BCUT2D eigenvalue weighted by Crippen LogP contribution is -2.25. The molecule has 0 saturated heterocycles. The molecule has 0 aromatic carbocycles. The van der Waals surface area contributed by atoms with Crippen LogP contribution in [0.1, 0.15) is 19.8 Å². The minimum Gasteiger partial charge on any atom is -0.464 e. The third-order valence-electron chi connectivity index (χ3n) is 1.74. The first kappa shape index (κ1) is 9.77. The number of methoxy groups -OCH3 is 1. The van der Waals surface area contributed by atoms with Crippen LogP contribution in [0.3, 0.4) is 0 Å². The number of hydrogen-bond donors (Lipinski definition) is 1. The number of rotatable bonds is 3. The van der Waals surface area contributed by atoms with E-state index in [0.29, 0.717) is 5.92 Å². The molecule has 1 rings (SSSR count). The van der Waals surface area contributed by atoms with Crippen molar-refractivity contribution in [2.75, 3.05) is 7.11 Å². The van der Waals surface area contributed by atoms with Gasteiger partial charge in [0.1, 0.15) is 5.70 Å². The zero-order chi connectivity index (χ0) is 9.84. The van der Waals surface area contributed by atoms with Gasteiger partial charge >= 0.3 is 5.97 Å². The van der Waals surface area contributed by atoms with Crippen LogP contribution in [-0.4, -0.2) is 19.0 Å². The molecule has 4 heteroatoms. The van der Waals surface area contributed by atoms with Crippen LogP contribution in [0.2, 0.25) is 0 Å². The van der Waals surface area contributed by atoms with Crippen LogP contribution in [0, 0.1) is 5.92 Å². The van der Waals surface area contributed by atoms with Gasteiger partial charge in [-0.05, 0) is 18.8 Å². The van der Waals surface area contributed by atoms with Gasteiger partial charge in [-0.2, -0.15) is 0 Å². The van der Waals surface area contributed by atoms with Crippen LogP contribution in [0.4, 0.5) is 0 Å². The van der Waals surface area contributed by atoms with Crippen LogP contribution in [-0.2, 0) is 14.3 Å². The molecule has 1 aliphatic rings. The smallest absolute Gasteiger partial charge is 0.354 e. The molecule has 0 atom stereocenters. The summed E-state index contributed by atoms with van der Waals surface area (Å²) >= 11 is 0. The van der Waals surface area contributed by atoms with Gasteiger partial charge in [0.05, 0.1) is 7.11 Å². The van der Waals surface area contributed by atoms with Gasteiger partial charge in [-0.25, -0.2) is 4.79 Å². The van der Waals surface area contributed by atoms with E-state index in [1.807, 2.05) is 0 Å². The van der Waals surface area contributed by atoms with E-state index in [1.54, 1.807) is 6.08 Å². The molecule has 1 aliphatic carbocycles. The lowest BCUT2D eigenvalue weighted by atomic mass is 10.3. The predicted octanol–water partition coefficient (Wildman–Crippen LogP) is 0.589. The number of nitrogens with one attached hydrogen (secondary N) is 1. The quantitative estimate of drug-likeness (QED) is 0.514. The Hall–Kier alpha value is -1.32. The van der Waals surface area contributed by atoms with E-state index in [2.05, 4.69) is 10.1 Å². The molecule has 0 bridgehead atoms. The molecular weight excluding hydrogens is 170 g/mol. The molecule has 4 nitrogen and oxygen atoms in total. The van der Waals surface area contributed by atoms with Crippen LogP contribution in [0.25, 0.3) is 0 Å². The molecule has 0 spiro atoms. The summed E-state index contributed by atoms with van der Waals surface area (Å²) in [7, 11) is 1.30. The van der Waals surface area contributed by atoms with Gasteiger partial charge in [0, 0.05) is 6.92 Å². The maximum absolute atomic E-state index is 11.1. The van der Waals surface area contributed by atoms with Crippen LogP contribution >= 0.6 is 0 Å². The molecule has 1 N–H and O–H groups in total. The summed E-state index contributed by atoms with van der Waals surface area (Å²) in [5, 5.41) is 2.45. The largest absolute Gasteiger partial charge is 0.464 e. The molecule has 1 fully saturated rings. The molecule has 1 saturated carbocycles. The fourth-order valence-electron chi connectivity index (χ4n) is 0.959. The van der Waals surface area contributed by atoms with Gasteiger partial charge in [-0.3, -0.25) is 4.79 Å². The van der Waals surface area contributed by atoms with Crippen molar-refractivity contribution < 1.29 is 14.3 Å². The van der Waals surface area contributed by atoms with Gasteiger partial charge in [0.15, 0.2) is 0 Å². The van der Waals surface area contributed by atoms with Gasteiger partial charge in [-0.15, -0.1) is 0 Å². The molecule has 0 aromatic heterocycles. The monoisotopic (exact) mass is 183 g/mol. The van der Waals surface area contributed by atoms with Crippen LogP contribution in [0.5, 0.6) is 0 Å². The molecule has 72 valence electrons. The van der Waals surface area contributed by atoms with Crippen molar-refractivity contribution in [2.24, 2.45) is 5.92 Å². The fourth-order valence-corrected chi connectivity index (χ4v) is 0.959. The molecule has 0 aliphatic heterocycles. The molecule has 0 aromatic rings. The van der Waals surface area contributed by atoms with E-state index >= 15 is 0 Å². The van der Waals surface area contributed by atoms with E-state index in [-0.39, 0.29) is 11.6 Å². The highest BCUT2D eigenvalue weighted by molar-refractivity contribution is 5.93. The minimum atomic E-state index is -0.484. The van der Waals surface area contributed by atoms with Crippen molar-refractivity contribution in [1.29, 1.82) is 0 Å². The molecule has 0 unspecified atom stereocenters. The first-order valence-corrected chi connectivity index (χ1v) is 4.21. The second kappa shape index (κ2) is 4.07. The van der Waals surface area contributed by atoms with Crippen molar-refractivity contribution in [1.82, 2.24) is 5.32 Å². The Labute approximate surface area is 76.9 Å². The van der Waals surface area contributed by atoms with E-state index in [4.69, 9.17) is 0 Å². The van der Waals surface area contributed by atoms with E-state index in [0.717, 1.165) is 12.8 Å². The zero-order valence-corrected chi connectivity index (χ0v) is 7.79. The van der Waals surface area contributed by atoms with Crippen molar-refractivity contribution in [3.63, 3.8) is 0 Å². The number of esters is 1. The molecular formula is C9H13NO3. The Morgan fingerprint density at radius 1 is 1.46 bits per heavy atom. The summed E-state index contributed by atoms with van der Waals surface area (Å²) in [4.78, 5) is 21.8. The standard InChI is InChI=1S/C9H13NO3/c1-6(11)10-8(9(12)13-2)5-7-3-4-7/h5,7H,3-4H2,1-2H3,(H,10,11)/b8-5-. The van der Waals surface area contributed by atoms with Gasteiger partial charge in [0.2, 0.25) is 5.91 Å². The second-order valence-electron chi connectivity index (χ2n) is 3.09. The lowest BCUT2D eigenvalue weighted by Gasteiger charge is -2.04. The maximum atomic E-state index is 11.1. The second-order valence-corrected chi connectivity index (χ2v) is 3.09. The van der Waals surface area contributed by atoms with Crippen molar-refractivity contribution >= 4 is 11.9 Å². The number of carbonyl (C=O) groups is 2. The number of allylic oxidation sites excluding steroid dienone is 1. The summed E-state index contributed by atoms with van der Waals surface area (Å²) in [5.41, 5.74) is 0.262. The van der Waals surface area contributed by atoms with E-state index in [9.17, 15) is 9.59 Å². The van der Waals surface area contributed by atoms with Crippen LogP contribution in [0.15, 0.2) is 11.8 Å². The van der Waals surface area contributed by atoms with Crippen LogP contribution < -0.4 is 5.32 Å². The van der Waals surface area contributed by atoms with Gasteiger partial charge in [-0.1, -0.05) is 6.08 Å². The summed E-state index contributed by atoms with van der Waals surface area (Å²) in [6.45, 7) is 1.36. The normalized spacial score (nSPS) is 16.6. The fraction of sp³-hybridized carbons (Fsp3) is 0.556. The summed E-state index contributed by atoms with van der Waals surface area (Å²) in [6, 6.07) is 0. The highest BCUT2D eigenvalue weighted by atomic mass is 16.5. The number of carbonyl (C=O) groups excluding carboxylic acids is 2. The van der Waals surface area contributed by atoms with Gasteiger partial charge < -0.3 is 10.1 Å². The summed E-state index contributed by atoms with van der Waals surface area (Å²) in [5.74, 6) is -0.305. The van der Waals surface area contributed by atoms with Crippen molar-refractivity contribution in [3.8, 4) is 0 Å². The maximum Gasteiger partial charge on any atom is 0.354 e. The van der Waals surface area contributed by atoms with E-state index in [1.165, 1.54) is 14.0 Å². The first-order chi connectivity index (χ1) is 6.13. The predicted molar refractivity (Wildman–Crippen MR) is 46.6 cm³/mol. The Bertz CT molecular complexity index is 254. The van der Waals surface area contributed by atoms with Gasteiger partial charge in [0.25, 0.3) is 0 Å². The Morgan fingerprint density at radius 2 is 2.08 bits per heavy atom. The molecule has 13 heavy (non-hydrogen) atoms. The third kappa shape index (κ3) is 3.27. The molecule has 0 heterocycles. The average molecular weight is 183 g/mol. The third-order valence-corrected chi connectivity index (χ3v) is 1.74. The Morgan fingerprint density at radius 3 is 2.46 bits per heavy atom. The minimum absolute atomic E-state index is 0.252. The van der Waals surface area contributed by atoms with E-state index < -0.39 is 5.97 Å². The highest BCUT2D eigenvalue weighted by Crippen LogP contribution is 2.31. The topological polar surface area (TPSA) is 55.4 Å². The average Bonchev–Trinajstić information content (AvgIpc) is 2.85. The van der Waals surface area contributed by atoms with Crippen molar-refractivity contribution in [2.45, 2.75) is 19.8 Å². The van der Waals surface area contributed by atoms with Crippen molar-refractivity contribution in [3.05, 3.63) is 11.8 Å².